The SMILES string of the molecule is CC1(C)OB(c2cc(Cl)nc3[nH]ccc23)OC1(C)C.C[C@@H]1COCCN1c1cc(N=S(C)(C)=O)nc(-c2cc(Cl)nc3[nH]ccc23)n1.C[C@@H]1COCCN1c1cc(N=S(C)(C)=O)nc(Cl)n1. The lowest BCUT2D eigenvalue weighted by Crippen LogP contribution is -2.44. The van der Waals surface area contributed by atoms with E-state index in [-0.39, 0.29) is 28.6 Å². The number of ether oxygens (including phenoxy) is 2. The van der Waals surface area contributed by atoms with Crippen molar-refractivity contribution < 1.29 is 27.2 Å². The van der Waals surface area contributed by atoms with E-state index in [0.717, 1.165) is 39.8 Å². The first-order valence-corrected chi connectivity index (χ1v) is 26.8. The lowest BCUT2D eigenvalue weighted by Gasteiger charge is -2.34. The Morgan fingerprint density at radius 2 is 1.17 bits per heavy atom. The maximum Gasteiger partial charge on any atom is 0.495 e. The predicted molar refractivity (Wildman–Crippen MR) is 265 cm³/mol. The zero-order valence-corrected chi connectivity index (χ0v) is 42.4. The van der Waals surface area contributed by atoms with E-state index in [2.05, 4.69) is 67.3 Å². The molecule has 18 nitrogen and oxygen atoms in total. The van der Waals surface area contributed by atoms with Gasteiger partial charge in [-0.25, -0.2) is 33.3 Å². The van der Waals surface area contributed by atoms with E-state index < -0.39 is 26.6 Å². The molecular weight excluding hydrogens is 950 g/mol. The number of aromatic amines is 2. The van der Waals surface area contributed by atoms with Crippen molar-refractivity contribution >= 4 is 112 Å². The Kier molecular flexibility index (Phi) is 14.9. The Morgan fingerprint density at radius 3 is 1.70 bits per heavy atom. The topological polar surface area (TPSA) is 211 Å². The van der Waals surface area contributed by atoms with Crippen molar-refractivity contribution in [1.29, 1.82) is 0 Å². The minimum atomic E-state index is -2.38. The van der Waals surface area contributed by atoms with Gasteiger partial charge in [-0.2, -0.15) is 13.7 Å². The average Bonchev–Trinajstić information content (AvgIpc) is 3.93. The van der Waals surface area contributed by atoms with Crippen molar-refractivity contribution in [3.8, 4) is 11.4 Å². The molecule has 24 heteroatoms. The molecule has 0 aromatic carbocycles. The molecule has 9 heterocycles. The highest BCUT2D eigenvalue weighted by atomic mass is 35.5. The van der Waals surface area contributed by atoms with Gasteiger partial charge in [0.05, 0.1) is 49.7 Å². The van der Waals surface area contributed by atoms with E-state index in [1.165, 1.54) is 0 Å². The maximum absolute atomic E-state index is 12.3. The van der Waals surface area contributed by atoms with Crippen LogP contribution in [-0.2, 0) is 38.2 Å². The molecule has 0 aliphatic carbocycles. The van der Waals surface area contributed by atoms with Gasteiger partial charge >= 0.3 is 7.12 Å². The monoisotopic (exact) mass is 1000 g/mol. The summed E-state index contributed by atoms with van der Waals surface area (Å²) in [6, 6.07) is 11.2. The van der Waals surface area contributed by atoms with Crippen LogP contribution in [0.4, 0.5) is 23.3 Å². The molecule has 0 unspecified atom stereocenters. The van der Waals surface area contributed by atoms with Crippen LogP contribution in [-0.4, -0.2) is 143 Å². The van der Waals surface area contributed by atoms with Gasteiger partial charge in [-0.3, -0.25) is 0 Å². The standard InChI is InChI=1S/C18H21ClN6O2S.C13H16BClN2O2.C11H17ClN4O2S/c1-11-10-27-7-6-25(11)16-9-15(24-28(2,3)26)22-18(23-16)13-8-14(19)21-17-12(13)4-5-20-17;1-12(2)13(3,4)19-14(18-12)9-7-10(15)17-11-8(9)5-6-16-11;1-8-7-18-5-4-16(8)10-6-9(13-11(12)14-10)15-19(2,3)17/h4-5,8-9,11H,6-7,10H2,1-3H3,(H,20,21);5-7H,1-4H3,(H,16,17);6,8H,4-5,7H2,1-3H3/t11-;;8-/m1.1/s1. The van der Waals surface area contributed by atoms with Crippen molar-refractivity contribution in [3.05, 3.63) is 64.4 Å². The number of anilines is 2. The summed E-state index contributed by atoms with van der Waals surface area (Å²) >= 11 is 18.2. The van der Waals surface area contributed by atoms with Gasteiger partial charge in [0, 0.05) is 98.4 Å². The third-order valence-electron chi connectivity index (χ3n) is 11.1. The Morgan fingerprint density at radius 1 is 0.682 bits per heavy atom. The van der Waals surface area contributed by atoms with Crippen LogP contribution < -0.4 is 15.3 Å². The summed E-state index contributed by atoms with van der Waals surface area (Å²) in [5.41, 5.74) is 2.33. The van der Waals surface area contributed by atoms with E-state index in [1.54, 1.807) is 55.5 Å². The number of fused-ring (bicyclic) bond motifs is 2. The first kappa shape index (κ1) is 49.7. The van der Waals surface area contributed by atoms with Gasteiger partial charge in [0.1, 0.15) is 33.2 Å². The second kappa shape index (κ2) is 19.8. The van der Waals surface area contributed by atoms with Gasteiger partial charge in [-0.05, 0) is 82.9 Å². The van der Waals surface area contributed by atoms with Crippen LogP contribution in [0.5, 0.6) is 0 Å². The highest BCUT2D eigenvalue weighted by Gasteiger charge is 2.52. The Balaban J connectivity index is 0.000000152. The normalized spacial score (nSPS) is 19.6. The first-order chi connectivity index (χ1) is 30.9. The van der Waals surface area contributed by atoms with E-state index in [1.807, 2.05) is 46.0 Å². The summed E-state index contributed by atoms with van der Waals surface area (Å²) in [6.07, 6.45) is 9.91. The molecule has 9 rings (SSSR count). The van der Waals surface area contributed by atoms with E-state index in [0.29, 0.717) is 72.2 Å². The third-order valence-corrected chi connectivity index (χ3v) is 12.9. The smallest absolute Gasteiger partial charge is 0.399 e. The molecule has 0 spiro atoms. The summed E-state index contributed by atoms with van der Waals surface area (Å²) in [6.45, 7) is 16.2. The van der Waals surface area contributed by atoms with E-state index in [4.69, 9.17) is 58.6 Å². The van der Waals surface area contributed by atoms with Crippen molar-refractivity contribution in [3.63, 3.8) is 0 Å². The van der Waals surface area contributed by atoms with Crippen molar-refractivity contribution in [1.82, 2.24) is 39.9 Å². The maximum atomic E-state index is 12.3. The Bertz CT molecular complexity index is 2960. The van der Waals surface area contributed by atoms with Crippen LogP contribution in [0.3, 0.4) is 0 Å². The number of rotatable bonds is 6. The number of hydrogen-bond acceptors (Lipinski definition) is 16. The van der Waals surface area contributed by atoms with Crippen LogP contribution >= 0.6 is 34.8 Å². The summed E-state index contributed by atoms with van der Waals surface area (Å²) in [4.78, 5) is 36.4. The predicted octanol–water partition coefficient (Wildman–Crippen LogP) is 7.49. The van der Waals surface area contributed by atoms with Crippen LogP contribution in [0.2, 0.25) is 15.6 Å². The van der Waals surface area contributed by atoms with Gasteiger partial charge in [0.2, 0.25) is 5.28 Å². The molecular formula is C42H54BCl3N12O6S2. The fourth-order valence-corrected chi connectivity index (χ4v) is 8.95. The molecule has 3 saturated heterocycles. The highest BCUT2D eigenvalue weighted by Crippen LogP contribution is 2.37. The molecule has 66 heavy (non-hydrogen) atoms. The highest BCUT2D eigenvalue weighted by molar-refractivity contribution is 7.92. The molecule has 0 amide bonds. The summed E-state index contributed by atoms with van der Waals surface area (Å²) in [5.74, 6) is 2.61. The molecule has 0 saturated carbocycles. The lowest BCUT2D eigenvalue weighted by molar-refractivity contribution is 0.00578. The zero-order chi connectivity index (χ0) is 47.8. The molecule has 0 radical (unpaired) electrons. The molecule has 2 N–H and O–H groups in total. The number of halogens is 3. The molecule has 6 aromatic rings. The number of nitrogens with one attached hydrogen (secondary N) is 2. The minimum absolute atomic E-state index is 0.110. The second-order valence-electron chi connectivity index (χ2n) is 17.6. The minimum Gasteiger partial charge on any atom is -0.399 e. The number of morpholine rings is 2. The Hall–Kier alpha value is -4.19. The van der Waals surface area contributed by atoms with Gasteiger partial charge in [0.25, 0.3) is 0 Å². The molecule has 354 valence electrons. The van der Waals surface area contributed by atoms with E-state index in [9.17, 15) is 8.42 Å². The molecule has 6 aromatic heterocycles. The first-order valence-electron chi connectivity index (χ1n) is 21.0. The molecule has 3 aliphatic heterocycles. The molecule has 3 aliphatic rings. The number of pyridine rings is 2. The fraction of sp³-hybridized carbons (Fsp3) is 0.476. The van der Waals surface area contributed by atoms with Gasteiger partial charge in [-0.1, -0.05) is 23.2 Å². The number of aromatic nitrogens is 8. The lowest BCUT2D eigenvalue weighted by atomic mass is 9.78. The average molecular weight is 1000 g/mol. The second-order valence-corrected chi connectivity index (χ2v) is 23.8. The van der Waals surface area contributed by atoms with Crippen molar-refractivity contribution in [2.45, 2.75) is 64.8 Å². The van der Waals surface area contributed by atoms with Gasteiger partial charge in [0.15, 0.2) is 17.5 Å². The number of nitrogens with zero attached hydrogens (tertiary/aromatic N) is 10. The largest absolute Gasteiger partial charge is 0.495 e. The van der Waals surface area contributed by atoms with Crippen LogP contribution in [0.15, 0.2) is 57.5 Å². The quantitative estimate of drug-likeness (QED) is 0.0941. The third kappa shape index (κ3) is 12.1. The zero-order valence-electron chi connectivity index (χ0n) is 38.5. The fourth-order valence-electron chi connectivity index (χ4n) is 7.30. The summed E-state index contributed by atoms with van der Waals surface area (Å²) < 4.78 is 55.4. The van der Waals surface area contributed by atoms with Gasteiger partial charge in [-0.15, -0.1) is 0 Å². The summed E-state index contributed by atoms with van der Waals surface area (Å²) in [7, 11) is -5.08. The summed E-state index contributed by atoms with van der Waals surface area (Å²) in [5, 5.41) is 2.71. The van der Waals surface area contributed by atoms with Crippen molar-refractivity contribution in [2.75, 3.05) is 74.3 Å². The molecule has 2 atom stereocenters. The Labute approximate surface area is 400 Å². The van der Waals surface area contributed by atoms with Crippen molar-refractivity contribution in [2.24, 2.45) is 8.73 Å². The molecule has 3 fully saturated rings. The van der Waals surface area contributed by atoms with Crippen LogP contribution in [0, 0.1) is 0 Å². The van der Waals surface area contributed by atoms with Crippen LogP contribution in [0.25, 0.3) is 33.5 Å². The number of H-pyrrole nitrogens is 2. The molecule has 0 bridgehead atoms. The van der Waals surface area contributed by atoms with E-state index >= 15 is 0 Å². The van der Waals surface area contributed by atoms with Crippen LogP contribution in [0.1, 0.15) is 41.5 Å². The number of hydrogen-bond donors (Lipinski definition) is 2. The van der Waals surface area contributed by atoms with Gasteiger partial charge < -0.3 is 38.6 Å².